The molecular formula is C21H21FN4O. The molecule has 2 aromatic carbocycles. The van der Waals surface area contributed by atoms with E-state index < -0.39 is 0 Å². The Hall–Kier alpha value is -2.99. The molecule has 0 aliphatic carbocycles. The van der Waals surface area contributed by atoms with Crippen molar-refractivity contribution in [2.75, 3.05) is 11.9 Å². The van der Waals surface area contributed by atoms with Crippen LogP contribution < -0.4 is 10.9 Å². The average molecular weight is 364 g/mol. The maximum atomic E-state index is 13.0. The zero-order valence-corrected chi connectivity index (χ0v) is 14.9. The summed E-state index contributed by atoms with van der Waals surface area (Å²) in [4.78, 5) is 22.2. The normalized spacial score (nSPS) is 14.0. The maximum Gasteiger partial charge on any atom is 0.257 e. The molecule has 1 aliphatic heterocycles. The lowest BCUT2D eigenvalue weighted by Gasteiger charge is -2.27. The van der Waals surface area contributed by atoms with Gasteiger partial charge in [-0.3, -0.25) is 14.7 Å². The molecule has 0 fully saturated rings. The molecule has 0 radical (unpaired) electrons. The van der Waals surface area contributed by atoms with E-state index >= 15 is 0 Å². The van der Waals surface area contributed by atoms with Gasteiger partial charge in [0, 0.05) is 32.6 Å². The topological polar surface area (TPSA) is 61.0 Å². The van der Waals surface area contributed by atoms with E-state index in [1.807, 2.05) is 18.2 Å². The summed E-state index contributed by atoms with van der Waals surface area (Å²) in [6.45, 7) is 2.77. The molecule has 0 saturated heterocycles. The number of hydrogen-bond donors (Lipinski definition) is 2. The smallest absolute Gasteiger partial charge is 0.257 e. The fourth-order valence-corrected chi connectivity index (χ4v) is 3.33. The van der Waals surface area contributed by atoms with Gasteiger partial charge in [0.1, 0.15) is 5.82 Å². The summed E-state index contributed by atoms with van der Waals surface area (Å²) in [6.07, 6.45) is 0.747. The van der Waals surface area contributed by atoms with Crippen molar-refractivity contribution >= 4 is 5.95 Å². The van der Waals surface area contributed by atoms with Crippen molar-refractivity contribution < 1.29 is 4.39 Å². The van der Waals surface area contributed by atoms with Crippen LogP contribution in [0.25, 0.3) is 0 Å². The van der Waals surface area contributed by atoms with Crippen LogP contribution in [0.15, 0.2) is 59.4 Å². The number of anilines is 1. The zero-order valence-electron chi connectivity index (χ0n) is 14.9. The van der Waals surface area contributed by atoms with Gasteiger partial charge in [0.2, 0.25) is 5.95 Å². The molecule has 2 N–H and O–H groups in total. The Labute approximate surface area is 156 Å². The third-order valence-electron chi connectivity index (χ3n) is 4.77. The SMILES string of the molecule is O=c1[nH]c(NCc2ccc(F)cc2)nc2c1CN(Cc1ccccc1)CC2. The first-order valence-corrected chi connectivity index (χ1v) is 9.04. The molecule has 0 saturated carbocycles. The van der Waals surface area contributed by atoms with Gasteiger partial charge < -0.3 is 5.32 Å². The molecule has 0 bridgehead atoms. The highest BCUT2D eigenvalue weighted by Gasteiger charge is 2.21. The first-order valence-electron chi connectivity index (χ1n) is 9.04. The number of halogens is 1. The molecule has 1 aromatic heterocycles. The van der Waals surface area contributed by atoms with Gasteiger partial charge in [0.25, 0.3) is 5.56 Å². The average Bonchev–Trinajstić information content (AvgIpc) is 2.69. The minimum absolute atomic E-state index is 0.0978. The Morgan fingerprint density at radius 1 is 1.07 bits per heavy atom. The first-order chi connectivity index (χ1) is 13.2. The van der Waals surface area contributed by atoms with Crippen molar-refractivity contribution in [3.63, 3.8) is 0 Å². The van der Waals surface area contributed by atoms with E-state index in [2.05, 4.69) is 32.3 Å². The predicted molar refractivity (Wildman–Crippen MR) is 103 cm³/mol. The van der Waals surface area contributed by atoms with Gasteiger partial charge in [-0.2, -0.15) is 0 Å². The molecule has 0 amide bonds. The monoisotopic (exact) mass is 364 g/mol. The van der Waals surface area contributed by atoms with Crippen molar-refractivity contribution in [3.05, 3.63) is 93.2 Å². The highest BCUT2D eigenvalue weighted by atomic mass is 19.1. The summed E-state index contributed by atoms with van der Waals surface area (Å²) < 4.78 is 13.0. The molecule has 27 heavy (non-hydrogen) atoms. The lowest BCUT2D eigenvalue weighted by atomic mass is 10.1. The van der Waals surface area contributed by atoms with E-state index in [1.54, 1.807) is 12.1 Å². The van der Waals surface area contributed by atoms with Crippen LogP contribution in [-0.4, -0.2) is 21.4 Å². The van der Waals surface area contributed by atoms with Crippen molar-refractivity contribution in [2.24, 2.45) is 0 Å². The Balaban J connectivity index is 1.44. The van der Waals surface area contributed by atoms with E-state index in [4.69, 9.17) is 0 Å². The molecule has 0 unspecified atom stereocenters. The van der Waals surface area contributed by atoms with E-state index in [1.165, 1.54) is 17.7 Å². The van der Waals surface area contributed by atoms with Gasteiger partial charge in [-0.1, -0.05) is 42.5 Å². The van der Waals surface area contributed by atoms with E-state index in [-0.39, 0.29) is 11.4 Å². The third-order valence-corrected chi connectivity index (χ3v) is 4.77. The second kappa shape index (κ2) is 7.72. The minimum Gasteiger partial charge on any atom is -0.352 e. The van der Waals surface area contributed by atoms with Crippen LogP contribution in [0, 0.1) is 5.82 Å². The molecular weight excluding hydrogens is 343 g/mol. The first kappa shape index (κ1) is 17.4. The number of H-pyrrole nitrogens is 1. The predicted octanol–water partition coefficient (Wildman–Crippen LogP) is 3.08. The maximum absolute atomic E-state index is 13.0. The number of nitrogens with zero attached hydrogens (tertiary/aromatic N) is 2. The summed E-state index contributed by atoms with van der Waals surface area (Å²) in [5.41, 5.74) is 3.65. The quantitative estimate of drug-likeness (QED) is 0.730. The number of nitrogens with one attached hydrogen (secondary N) is 2. The van der Waals surface area contributed by atoms with Crippen molar-refractivity contribution in [1.82, 2.24) is 14.9 Å². The zero-order chi connectivity index (χ0) is 18.6. The largest absolute Gasteiger partial charge is 0.352 e. The number of benzene rings is 2. The molecule has 3 aromatic rings. The summed E-state index contributed by atoms with van der Waals surface area (Å²) in [7, 11) is 0. The fourth-order valence-electron chi connectivity index (χ4n) is 3.33. The number of rotatable bonds is 5. The van der Waals surface area contributed by atoms with Crippen LogP contribution >= 0.6 is 0 Å². The summed E-state index contributed by atoms with van der Waals surface area (Å²) in [5, 5.41) is 3.12. The van der Waals surface area contributed by atoms with E-state index in [0.29, 0.717) is 19.0 Å². The highest BCUT2D eigenvalue weighted by Crippen LogP contribution is 2.17. The number of aromatic amines is 1. The Morgan fingerprint density at radius 3 is 2.63 bits per heavy atom. The van der Waals surface area contributed by atoms with Crippen molar-refractivity contribution in [3.8, 4) is 0 Å². The molecule has 1 aliphatic rings. The van der Waals surface area contributed by atoms with Crippen molar-refractivity contribution in [2.45, 2.75) is 26.1 Å². The standard InChI is InChI=1S/C21H21FN4O/c22-17-8-6-15(7-9-17)12-23-21-24-19-10-11-26(14-18(19)20(27)25-21)13-16-4-2-1-3-5-16/h1-9H,10-14H2,(H2,23,24,25,27). The van der Waals surface area contributed by atoms with Gasteiger partial charge in [-0.25, -0.2) is 9.37 Å². The minimum atomic E-state index is -0.265. The highest BCUT2D eigenvalue weighted by molar-refractivity contribution is 5.33. The Morgan fingerprint density at radius 2 is 1.85 bits per heavy atom. The van der Waals surface area contributed by atoms with Gasteiger partial charge in [-0.15, -0.1) is 0 Å². The summed E-state index contributed by atoms with van der Waals surface area (Å²) in [6, 6.07) is 16.5. The third kappa shape index (κ3) is 4.23. The second-order valence-corrected chi connectivity index (χ2v) is 6.77. The number of hydrogen-bond acceptors (Lipinski definition) is 4. The van der Waals surface area contributed by atoms with Gasteiger partial charge in [0.15, 0.2) is 0 Å². The van der Waals surface area contributed by atoms with Gasteiger partial charge in [0.05, 0.1) is 11.3 Å². The molecule has 138 valence electrons. The van der Waals surface area contributed by atoms with Crippen LogP contribution in [0.5, 0.6) is 0 Å². The van der Waals surface area contributed by atoms with E-state index in [9.17, 15) is 9.18 Å². The van der Waals surface area contributed by atoms with Crippen LogP contribution in [0.4, 0.5) is 10.3 Å². The Kier molecular flexibility index (Phi) is 4.98. The van der Waals surface area contributed by atoms with Gasteiger partial charge >= 0.3 is 0 Å². The molecule has 2 heterocycles. The lowest BCUT2D eigenvalue weighted by Crippen LogP contribution is -2.35. The molecule has 0 atom stereocenters. The molecule has 6 heteroatoms. The Bertz CT molecular complexity index is 970. The van der Waals surface area contributed by atoms with Crippen molar-refractivity contribution in [1.29, 1.82) is 0 Å². The summed E-state index contributed by atoms with van der Waals surface area (Å²) >= 11 is 0. The lowest BCUT2D eigenvalue weighted by molar-refractivity contribution is 0.242. The van der Waals surface area contributed by atoms with Crippen LogP contribution in [-0.2, 0) is 26.1 Å². The summed E-state index contributed by atoms with van der Waals surface area (Å²) in [5.74, 6) is 0.193. The van der Waals surface area contributed by atoms with Gasteiger partial charge in [-0.05, 0) is 23.3 Å². The molecule has 5 nitrogen and oxygen atoms in total. The number of fused-ring (bicyclic) bond motifs is 1. The second-order valence-electron chi connectivity index (χ2n) is 6.77. The van der Waals surface area contributed by atoms with Crippen LogP contribution in [0.1, 0.15) is 22.4 Å². The van der Waals surface area contributed by atoms with Crippen LogP contribution in [0.2, 0.25) is 0 Å². The van der Waals surface area contributed by atoms with Crippen LogP contribution in [0.3, 0.4) is 0 Å². The fraction of sp³-hybridized carbons (Fsp3) is 0.238. The molecule has 4 rings (SSSR count). The molecule has 0 spiro atoms. The number of aromatic nitrogens is 2. The van der Waals surface area contributed by atoms with E-state index in [0.717, 1.165) is 36.3 Å².